The van der Waals surface area contributed by atoms with Crippen LogP contribution in [0, 0.1) is 47.3 Å². The summed E-state index contributed by atoms with van der Waals surface area (Å²) in [5, 5.41) is 27.8. The zero-order chi connectivity index (χ0) is 25.7. The number of aliphatic hydroxyl groups is 2. The smallest absolute Gasteiger partial charge is 0.237 e. The standard InChI is InChI=1S/C26H53N3O4/c1-16(20(5)22(7)18(3)14-30)12-28-25(32)11-10-24(27-9)26(33)29-13-17(2)21(6)23(8)19(4)15-31/h16-24,27,30-31H,10-15H2,1-9H3,(H,28,32)(H,29,33)/t16-,17-,18+,19+,20+,21+,22+,23+,24?/m0/s1. The Labute approximate surface area is 202 Å². The highest BCUT2D eigenvalue weighted by Gasteiger charge is 2.26. The van der Waals surface area contributed by atoms with Crippen molar-refractivity contribution < 1.29 is 19.8 Å². The normalized spacial score (nSPS) is 20.0. The van der Waals surface area contributed by atoms with Gasteiger partial charge < -0.3 is 26.2 Å². The lowest BCUT2D eigenvalue weighted by atomic mass is 9.78. The highest BCUT2D eigenvalue weighted by atomic mass is 16.3. The molecular weight excluding hydrogens is 418 g/mol. The number of rotatable bonds is 17. The predicted octanol–water partition coefficient (Wildman–Crippen LogP) is 2.66. The van der Waals surface area contributed by atoms with Crippen molar-refractivity contribution in [1.82, 2.24) is 16.0 Å². The minimum Gasteiger partial charge on any atom is -0.396 e. The number of aliphatic hydroxyl groups excluding tert-OH is 2. The third-order valence-electron chi connectivity index (χ3n) is 8.37. The predicted molar refractivity (Wildman–Crippen MR) is 136 cm³/mol. The second kappa shape index (κ2) is 16.4. The van der Waals surface area contributed by atoms with E-state index in [-0.39, 0.29) is 42.8 Å². The van der Waals surface area contributed by atoms with Gasteiger partial charge in [0.25, 0.3) is 0 Å². The SMILES string of the molecule is CNC(CCC(=O)NC[C@H](C)[C@@H](C)[C@H](C)[C@H](C)CO)C(=O)NC[C@H](C)[C@@H](C)[C@H](C)[C@H](C)CO. The third kappa shape index (κ3) is 11.2. The molecule has 196 valence electrons. The maximum absolute atomic E-state index is 12.6. The third-order valence-corrected chi connectivity index (χ3v) is 8.37. The minimum absolute atomic E-state index is 0.0428. The fourth-order valence-electron chi connectivity index (χ4n) is 4.21. The molecule has 9 atom stereocenters. The Bertz CT molecular complexity index is 560. The molecule has 0 heterocycles. The van der Waals surface area contributed by atoms with Crippen molar-refractivity contribution in [1.29, 1.82) is 0 Å². The highest BCUT2D eigenvalue weighted by molar-refractivity contribution is 5.83. The van der Waals surface area contributed by atoms with E-state index in [1.165, 1.54) is 0 Å². The van der Waals surface area contributed by atoms with Crippen molar-refractivity contribution in [3.05, 3.63) is 0 Å². The zero-order valence-electron chi connectivity index (χ0n) is 22.6. The minimum atomic E-state index is -0.409. The lowest BCUT2D eigenvalue weighted by Gasteiger charge is -2.30. The van der Waals surface area contributed by atoms with Crippen molar-refractivity contribution in [3.63, 3.8) is 0 Å². The van der Waals surface area contributed by atoms with E-state index >= 15 is 0 Å². The monoisotopic (exact) mass is 471 g/mol. The van der Waals surface area contributed by atoms with Crippen LogP contribution in [0.1, 0.15) is 68.2 Å². The van der Waals surface area contributed by atoms with Crippen LogP contribution in [0.4, 0.5) is 0 Å². The maximum Gasteiger partial charge on any atom is 0.237 e. The van der Waals surface area contributed by atoms with Crippen LogP contribution < -0.4 is 16.0 Å². The van der Waals surface area contributed by atoms with E-state index < -0.39 is 6.04 Å². The Morgan fingerprint density at radius 2 is 1.06 bits per heavy atom. The topological polar surface area (TPSA) is 111 Å². The number of hydrogen-bond acceptors (Lipinski definition) is 5. The summed E-state index contributed by atoms with van der Waals surface area (Å²) in [5.74, 6) is 2.44. The molecule has 0 radical (unpaired) electrons. The fraction of sp³-hybridized carbons (Fsp3) is 0.923. The highest BCUT2D eigenvalue weighted by Crippen LogP contribution is 2.27. The number of carbonyl (C=O) groups excluding carboxylic acids is 2. The van der Waals surface area contributed by atoms with E-state index in [4.69, 9.17) is 0 Å². The largest absolute Gasteiger partial charge is 0.396 e. The molecule has 0 fully saturated rings. The fourth-order valence-corrected chi connectivity index (χ4v) is 4.21. The maximum atomic E-state index is 12.6. The zero-order valence-corrected chi connectivity index (χ0v) is 22.6. The number of hydrogen-bond donors (Lipinski definition) is 5. The Morgan fingerprint density at radius 1 is 0.667 bits per heavy atom. The summed E-state index contributed by atoms with van der Waals surface area (Å²) >= 11 is 0. The van der Waals surface area contributed by atoms with Crippen LogP contribution in [0.15, 0.2) is 0 Å². The van der Waals surface area contributed by atoms with Gasteiger partial charge in [-0.15, -0.1) is 0 Å². The summed E-state index contributed by atoms with van der Waals surface area (Å²) in [6, 6.07) is -0.409. The molecular formula is C26H53N3O4. The first-order valence-corrected chi connectivity index (χ1v) is 12.8. The Kier molecular flexibility index (Phi) is 15.9. The molecule has 0 aliphatic carbocycles. The van der Waals surface area contributed by atoms with Gasteiger partial charge in [0.15, 0.2) is 0 Å². The summed E-state index contributed by atoms with van der Waals surface area (Å²) in [7, 11) is 1.74. The van der Waals surface area contributed by atoms with Gasteiger partial charge in [0.05, 0.1) is 6.04 Å². The molecule has 0 bridgehead atoms. The summed E-state index contributed by atoms with van der Waals surface area (Å²) in [5.41, 5.74) is 0. The molecule has 0 aliphatic heterocycles. The summed E-state index contributed by atoms with van der Waals surface area (Å²) < 4.78 is 0. The number of carbonyl (C=O) groups is 2. The number of nitrogens with one attached hydrogen (secondary N) is 3. The van der Waals surface area contributed by atoms with Crippen molar-refractivity contribution in [2.24, 2.45) is 47.3 Å². The molecule has 0 aromatic heterocycles. The van der Waals surface area contributed by atoms with Gasteiger partial charge >= 0.3 is 0 Å². The van der Waals surface area contributed by atoms with Gasteiger partial charge in [-0.2, -0.15) is 0 Å². The van der Waals surface area contributed by atoms with Crippen molar-refractivity contribution in [2.75, 3.05) is 33.4 Å². The van der Waals surface area contributed by atoms with E-state index in [1.807, 2.05) is 13.8 Å². The lowest BCUT2D eigenvalue weighted by molar-refractivity contribution is -0.124. The van der Waals surface area contributed by atoms with Gasteiger partial charge in [0, 0.05) is 32.7 Å². The molecule has 1 unspecified atom stereocenters. The molecule has 7 heteroatoms. The van der Waals surface area contributed by atoms with Crippen LogP contribution in [0.2, 0.25) is 0 Å². The molecule has 0 aromatic rings. The van der Waals surface area contributed by atoms with E-state index in [2.05, 4.69) is 57.5 Å². The average molecular weight is 472 g/mol. The van der Waals surface area contributed by atoms with Crippen LogP contribution in [-0.4, -0.2) is 61.4 Å². The summed E-state index contributed by atoms with van der Waals surface area (Å²) in [4.78, 5) is 25.0. The van der Waals surface area contributed by atoms with Gasteiger partial charge in [-0.25, -0.2) is 0 Å². The molecule has 2 amide bonds. The first-order chi connectivity index (χ1) is 15.4. The molecule has 33 heavy (non-hydrogen) atoms. The average Bonchev–Trinajstić information content (AvgIpc) is 2.82. The Morgan fingerprint density at radius 3 is 1.45 bits per heavy atom. The first kappa shape index (κ1) is 31.8. The van der Waals surface area contributed by atoms with Gasteiger partial charge in [0.2, 0.25) is 11.8 Å². The van der Waals surface area contributed by atoms with E-state index in [0.717, 1.165) is 0 Å². The van der Waals surface area contributed by atoms with Crippen molar-refractivity contribution in [3.8, 4) is 0 Å². The van der Waals surface area contributed by atoms with Crippen LogP contribution in [0.3, 0.4) is 0 Å². The van der Waals surface area contributed by atoms with Crippen LogP contribution in [0.5, 0.6) is 0 Å². The van der Waals surface area contributed by atoms with Crippen molar-refractivity contribution in [2.45, 2.75) is 74.3 Å². The number of amides is 2. The molecule has 7 nitrogen and oxygen atoms in total. The van der Waals surface area contributed by atoms with Gasteiger partial charge in [-0.3, -0.25) is 9.59 Å². The van der Waals surface area contributed by atoms with Crippen LogP contribution >= 0.6 is 0 Å². The molecule has 0 saturated heterocycles. The van der Waals surface area contributed by atoms with Gasteiger partial charge in [-0.1, -0.05) is 55.4 Å². The van der Waals surface area contributed by atoms with E-state index in [1.54, 1.807) is 7.05 Å². The van der Waals surface area contributed by atoms with Crippen molar-refractivity contribution >= 4 is 11.8 Å². The van der Waals surface area contributed by atoms with Gasteiger partial charge in [-0.05, 0) is 60.8 Å². The van der Waals surface area contributed by atoms with Gasteiger partial charge in [0.1, 0.15) is 0 Å². The summed E-state index contributed by atoms with van der Waals surface area (Å²) in [6.45, 7) is 18.5. The van der Waals surface area contributed by atoms with Crippen LogP contribution in [-0.2, 0) is 9.59 Å². The molecule has 0 spiro atoms. The Hall–Kier alpha value is -1.18. The molecule has 0 aliphatic rings. The summed E-state index contributed by atoms with van der Waals surface area (Å²) in [6.07, 6.45) is 0.734. The van der Waals surface area contributed by atoms with Crippen LogP contribution in [0.25, 0.3) is 0 Å². The second-order valence-corrected chi connectivity index (χ2v) is 10.6. The quantitative estimate of drug-likeness (QED) is 0.224. The molecule has 0 rings (SSSR count). The lowest BCUT2D eigenvalue weighted by Crippen LogP contribution is -2.45. The van der Waals surface area contributed by atoms with E-state index in [9.17, 15) is 19.8 Å². The number of likely N-dealkylation sites (N-methyl/N-ethyl adjacent to an activating group) is 1. The van der Waals surface area contributed by atoms with E-state index in [0.29, 0.717) is 55.5 Å². The first-order valence-electron chi connectivity index (χ1n) is 12.8. The molecule has 5 N–H and O–H groups in total. The second-order valence-electron chi connectivity index (χ2n) is 10.6. The molecule has 0 aromatic carbocycles. The Balaban J connectivity index is 4.47. The molecule has 0 saturated carbocycles.